The maximum Gasteiger partial charge on any atom is 0.308 e. The fraction of sp³-hybridized carbons (Fsp3) is 0.550. The predicted octanol–water partition coefficient (Wildman–Crippen LogP) is 0.908. The van der Waals surface area contributed by atoms with E-state index < -0.39 is 18.5 Å². The first-order chi connectivity index (χ1) is 13.9. The maximum absolute atomic E-state index is 12.8. The van der Waals surface area contributed by atoms with Crippen molar-refractivity contribution in [3.8, 4) is 0 Å². The number of ether oxygens (including phenoxy) is 1. The van der Waals surface area contributed by atoms with Crippen molar-refractivity contribution in [2.24, 2.45) is 35.5 Å². The Balaban J connectivity index is 1.12. The number of allylic oxidation sites excluding steroid dienone is 2. The number of rotatable bonds is 6. The van der Waals surface area contributed by atoms with Gasteiger partial charge in [0.25, 0.3) is 5.91 Å². The summed E-state index contributed by atoms with van der Waals surface area (Å²) >= 11 is 0. The van der Waals surface area contributed by atoms with Crippen LogP contribution in [0.25, 0.3) is 0 Å². The summed E-state index contributed by atoms with van der Waals surface area (Å²) in [7, 11) is 0. The van der Waals surface area contributed by atoms with E-state index in [-0.39, 0.29) is 54.3 Å². The molecule has 0 radical (unpaired) electrons. The molecule has 6 rings (SSSR count). The van der Waals surface area contributed by atoms with Crippen molar-refractivity contribution in [3.05, 3.63) is 24.0 Å². The molecule has 0 aromatic carbocycles. The van der Waals surface area contributed by atoms with Gasteiger partial charge in [0.05, 0.1) is 18.3 Å². The van der Waals surface area contributed by atoms with Gasteiger partial charge in [-0.05, 0) is 37.0 Å². The van der Waals surface area contributed by atoms with Gasteiger partial charge in [-0.1, -0.05) is 17.3 Å². The average Bonchev–Trinajstić information content (AvgIpc) is 3.38. The molecule has 2 saturated carbocycles. The highest BCUT2D eigenvalue weighted by molar-refractivity contribution is 6.06. The second-order valence-corrected chi connectivity index (χ2v) is 8.26. The molecule has 1 aromatic rings. The lowest BCUT2D eigenvalue weighted by atomic mass is 9.63. The van der Waals surface area contributed by atoms with Gasteiger partial charge in [0.1, 0.15) is 5.76 Å². The van der Waals surface area contributed by atoms with E-state index in [4.69, 9.17) is 9.26 Å². The number of imide groups is 1. The first-order valence-electron chi connectivity index (χ1n) is 9.86. The van der Waals surface area contributed by atoms with Gasteiger partial charge in [-0.2, -0.15) is 0 Å². The number of anilines is 1. The van der Waals surface area contributed by atoms with Crippen molar-refractivity contribution >= 4 is 29.5 Å². The number of hydrogen-bond acceptors (Lipinski definition) is 7. The number of carbonyl (C=O) groups is 4. The van der Waals surface area contributed by atoms with Crippen molar-refractivity contribution in [1.82, 2.24) is 10.1 Å². The Kier molecular flexibility index (Phi) is 4.07. The van der Waals surface area contributed by atoms with E-state index in [1.807, 2.05) is 0 Å². The Morgan fingerprint density at radius 2 is 1.86 bits per heavy atom. The number of nitrogens with one attached hydrogen (secondary N) is 1. The maximum atomic E-state index is 12.8. The highest BCUT2D eigenvalue weighted by atomic mass is 16.5. The van der Waals surface area contributed by atoms with Crippen molar-refractivity contribution in [1.29, 1.82) is 0 Å². The zero-order valence-corrected chi connectivity index (χ0v) is 15.9. The summed E-state index contributed by atoms with van der Waals surface area (Å²) in [5.74, 6) is 0.110. The minimum Gasteiger partial charge on any atom is -0.456 e. The highest BCUT2D eigenvalue weighted by Crippen LogP contribution is 2.65. The highest BCUT2D eigenvalue weighted by Gasteiger charge is 2.66. The largest absolute Gasteiger partial charge is 0.456 e. The van der Waals surface area contributed by atoms with E-state index in [1.54, 1.807) is 6.92 Å². The fourth-order valence-electron chi connectivity index (χ4n) is 5.26. The number of nitrogens with zero attached hydrogens (tertiary/aromatic N) is 2. The SMILES string of the molecule is Cc1cc(NC(=O)COC(=O)CCN2C(=O)C3C4C=CC(C5CC45)C3C2=O)no1. The number of hydrogen-bond donors (Lipinski definition) is 1. The third-order valence-electron chi connectivity index (χ3n) is 6.55. The van der Waals surface area contributed by atoms with E-state index in [2.05, 4.69) is 22.6 Å². The van der Waals surface area contributed by atoms with Gasteiger partial charge in [0.2, 0.25) is 11.8 Å². The van der Waals surface area contributed by atoms with Crippen LogP contribution in [0.15, 0.2) is 22.7 Å². The van der Waals surface area contributed by atoms with Gasteiger partial charge in [0, 0.05) is 12.6 Å². The number of esters is 1. The summed E-state index contributed by atoms with van der Waals surface area (Å²) in [5.41, 5.74) is 0. The van der Waals surface area contributed by atoms with Gasteiger partial charge < -0.3 is 14.6 Å². The molecule has 9 nitrogen and oxygen atoms in total. The van der Waals surface area contributed by atoms with Crippen LogP contribution in [0.4, 0.5) is 5.82 Å². The van der Waals surface area contributed by atoms with Crippen molar-refractivity contribution < 1.29 is 28.4 Å². The van der Waals surface area contributed by atoms with Gasteiger partial charge in [-0.15, -0.1) is 0 Å². The van der Waals surface area contributed by atoms with E-state index >= 15 is 0 Å². The van der Waals surface area contributed by atoms with Gasteiger partial charge >= 0.3 is 5.97 Å². The van der Waals surface area contributed by atoms with Crippen LogP contribution in [-0.4, -0.2) is 46.9 Å². The molecule has 6 unspecified atom stereocenters. The van der Waals surface area contributed by atoms with Crippen LogP contribution in [0, 0.1) is 42.4 Å². The molecule has 1 aromatic heterocycles. The van der Waals surface area contributed by atoms with Crippen LogP contribution in [-0.2, 0) is 23.9 Å². The van der Waals surface area contributed by atoms with E-state index in [9.17, 15) is 19.2 Å². The third-order valence-corrected chi connectivity index (χ3v) is 6.55. The topological polar surface area (TPSA) is 119 Å². The lowest BCUT2D eigenvalue weighted by molar-refractivity contribution is -0.148. The molecule has 9 heteroatoms. The van der Waals surface area contributed by atoms with Crippen LogP contribution in [0.1, 0.15) is 18.6 Å². The molecule has 5 aliphatic rings. The number of aryl methyl sites for hydroxylation is 1. The molecule has 1 aliphatic heterocycles. The Morgan fingerprint density at radius 3 is 2.45 bits per heavy atom. The Labute approximate surface area is 166 Å². The predicted molar refractivity (Wildman–Crippen MR) is 96.9 cm³/mol. The quantitative estimate of drug-likeness (QED) is 0.429. The van der Waals surface area contributed by atoms with Gasteiger partial charge in [0.15, 0.2) is 12.4 Å². The van der Waals surface area contributed by atoms with Crippen LogP contribution in [0.2, 0.25) is 0 Å². The first kappa shape index (κ1) is 18.1. The van der Waals surface area contributed by atoms with Crippen molar-refractivity contribution in [3.63, 3.8) is 0 Å². The smallest absolute Gasteiger partial charge is 0.308 e. The Hall–Kier alpha value is -2.97. The van der Waals surface area contributed by atoms with Crippen LogP contribution >= 0.6 is 0 Å². The summed E-state index contributed by atoms with van der Waals surface area (Å²) in [6.45, 7) is 1.20. The van der Waals surface area contributed by atoms with Crippen molar-refractivity contribution in [2.45, 2.75) is 19.8 Å². The molecule has 4 aliphatic carbocycles. The summed E-state index contributed by atoms with van der Waals surface area (Å²) < 4.78 is 9.77. The van der Waals surface area contributed by atoms with Gasteiger partial charge in [-0.3, -0.25) is 24.1 Å². The summed E-state index contributed by atoms with van der Waals surface area (Å²) in [4.78, 5) is 50.6. The Morgan fingerprint density at radius 1 is 1.21 bits per heavy atom. The fourth-order valence-corrected chi connectivity index (χ4v) is 5.26. The summed E-state index contributed by atoms with van der Waals surface area (Å²) in [6, 6.07) is 1.54. The second-order valence-electron chi connectivity index (χ2n) is 8.26. The van der Waals surface area contributed by atoms with Crippen LogP contribution in [0.5, 0.6) is 0 Å². The molecule has 152 valence electrons. The number of aromatic nitrogens is 1. The second kappa shape index (κ2) is 6.53. The minimum absolute atomic E-state index is 0.0115. The molecular formula is C20H21N3O6. The summed E-state index contributed by atoms with van der Waals surface area (Å²) in [5, 5.41) is 6.06. The molecule has 3 fully saturated rings. The number of carbonyl (C=O) groups excluding carboxylic acids is 4. The number of amides is 3. The zero-order chi connectivity index (χ0) is 20.3. The first-order valence-corrected chi connectivity index (χ1v) is 9.86. The van der Waals surface area contributed by atoms with E-state index in [0.717, 1.165) is 6.42 Å². The Bertz CT molecular complexity index is 900. The van der Waals surface area contributed by atoms with E-state index in [1.165, 1.54) is 11.0 Å². The monoisotopic (exact) mass is 399 g/mol. The molecule has 0 spiro atoms. The third kappa shape index (κ3) is 2.95. The van der Waals surface area contributed by atoms with Crippen molar-refractivity contribution in [2.75, 3.05) is 18.5 Å². The lowest BCUT2D eigenvalue weighted by Gasteiger charge is -2.37. The molecule has 1 N–H and O–H groups in total. The van der Waals surface area contributed by atoms with Crippen LogP contribution < -0.4 is 5.32 Å². The molecule has 2 bridgehead atoms. The average molecular weight is 399 g/mol. The molecule has 1 saturated heterocycles. The standard InChI is InChI=1S/C20H21N3O6/c1-9-6-14(22-29-9)21-15(24)8-28-16(25)4-5-23-19(26)17-10-2-3-11(13-7-12(10)13)18(17)20(23)27/h2-3,6,10-13,17-18H,4-5,7-8H2,1H3,(H,21,22,24). The zero-order valence-electron chi connectivity index (χ0n) is 15.9. The molecule has 6 atom stereocenters. The summed E-state index contributed by atoms with van der Waals surface area (Å²) in [6.07, 6.45) is 5.19. The molecule has 3 amide bonds. The normalized spacial score (nSPS) is 33.5. The molecular weight excluding hydrogens is 378 g/mol. The van der Waals surface area contributed by atoms with Crippen LogP contribution in [0.3, 0.4) is 0 Å². The lowest BCUT2D eigenvalue weighted by Crippen LogP contribution is -2.40. The molecule has 29 heavy (non-hydrogen) atoms. The number of likely N-dealkylation sites (tertiary alicyclic amines) is 1. The molecule has 2 heterocycles. The van der Waals surface area contributed by atoms with Gasteiger partial charge in [-0.25, -0.2) is 0 Å². The minimum atomic E-state index is -0.643. The van der Waals surface area contributed by atoms with E-state index in [0.29, 0.717) is 17.6 Å².